The second kappa shape index (κ2) is 6.40. The molecule has 1 amide bonds. The summed E-state index contributed by atoms with van der Waals surface area (Å²) in [6.45, 7) is 4.92. The number of carbonyl (C=O) groups is 2. The Morgan fingerprint density at radius 2 is 2.04 bits per heavy atom. The number of aliphatic carboxylic acids is 1. The van der Waals surface area contributed by atoms with E-state index >= 15 is 0 Å². The van der Waals surface area contributed by atoms with Gasteiger partial charge in [-0.1, -0.05) is 6.07 Å². The number of aryl methyl sites for hydroxylation is 3. The highest BCUT2D eigenvalue weighted by molar-refractivity contribution is 5.86. The Hall–Kier alpha value is -2.37. The van der Waals surface area contributed by atoms with Gasteiger partial charge in [-0.2, -0.15) is 0 Å². The van der Waals surface area contributed by atoms with Crippen LogP contribution in [0.1, 0.15) is 38.1 Å². The van der Waals surface area contributed by atoms with Gasteiger partial charge in [0.05, 0.1) is 11.0 Å². The highest BCUT2D eigenvalue weighted by atomic mass is 16.4. The molecule has 0 aliphatic carbocycles. The summed E-state index contributed by atoms with van der Waals surface area (Å²) in [5.41, 5.74) is 1.94. The van der Waals surface area contributed by atoms with E-state index in [9.17, 15) is 9.59 Å². The monoisotopic (exact) mass is 317 g/mol. The Morgan fingerprint density at radius 3 is 2.70 bits per heavy atom. The van der Waals surface area contributed by atoms with Crippen molar-refractivity contribution in [2.75, 3.05) is 0 Å². The van der Waals surface area contributed by atoms with Crippen LogP contribution in [0.2, 0.25) is 0 Å². The van der Waals surface area contributed by atoms with E-state index in [0.717, 1.165) is 28.8 Å². The lowest BCUT2D eigenvalue weighted by Gasteiger charge is -2.20. The van der Waals surface area contributed by atoms with Crippen LogP contribution in [0.4, 0.5) is 0 Å². The van der Waals surface area contributed by atoms with Crippen LogP contribution in [0.15, 0.2) is 18.2 Å². The number of amides is 1. The van der Waals surface area contributed by atoms with Gasteiger partial charge >= 0.3 is 5.97 Å². The van der Waals surface area contributed by atoms with Crippen molar-refractivity contribution in [3.8, 4) is 0 Å². The second-order valence-electron chi connectivity index (χ2n) is 6.37. The molecular weight excluding hydrogens is 294 g/mol. The summed E-state index contributed by atoms with van der Waals surface area (Å²) in [5, 5.41) is 11.5. The van der Waals surface area contributed by atoms with Gasteiger partial charge in [0.1, 0.15) is 11.4 Å². The van der Waals surface area contributed by atoms with Crippen molar-refractivity contribution in [2.24, 2.45) is 7.05 Å². The lowest BCUT2D eigenvalue weighted by Crippen LogP contribution is -2.49. The molecule has 0 bridgehead atoms. The van der Waals surface area contributed by atoms with Crippen molar-refractivity contribution in [1.29, 1.82) is 0 Å². The Labute approximate surface area is 135 Å². The molecule has 1 aromatic carbocycles. The van der Waals surface area contributed by atoms with E-state index in [-0.39, 0.29) is 5.91 Å². The van der Waals surface area contributed by atoms with Gasteiger partial charge in [-0.05, 0) is 51.3 Å². The molecule has 124 valence electrons. The average molecular weight is 317 g/mol. The van der Waals surface area contributed by atoms with E-state index in [0.29, 0.717) is 12.8 Å². The van der Waals surface area contributed by atoms with Gasteiger partial charge in [-0.15, -0.1) is 0 Å². The van der Waals surface area contributed by atoms with Gasteiger partial charge in [0.25, 0.3) is 0 Å². The van der Waals surface area contributed by atoms with E-state index < -0.39 is 11.5 Å². The number of imidazole rings is 1. The van der Waals surface area contributed by atoms with E-state index in [1.54, 1.807) is 0 Å². The second-order valence-corrected chi connectivity index (χ2v) is 6.37. The number of carboxylic acids is 1. The zero-order valence-electron chi connectivity index (χ0n) is 14.0. The van der Waals surface area contributed by atoms with Crippen LogP contribution in [0, 0.1) is 6.92 Å². The van der Waals surface area contributed by atoms with Gasteiger partial charge in [0.2, 0.25) is 5.91 Å². The number of carbonyl (C=O) groups excluding carboxylic acids is 1. The predicted molar refractivity (Wildman–Crippen MR) is 88.2 cm³/mol. The first kappa shape index (κ1) is 17.0. The summed E-state index contributed by atoms with van der Waals surface area (Å²) < 4.78 is 2.04. The Bertz CT molecular complexity index is 747. The van der Waals surface area contributed by atoms with Crippen LogP contribution in [0.5, 0.6) is 0 Å². The van der Waals surface area contributed by atoms with Gasteiger partial charge < -0.3 is 15.0 Å². The number of rotatable bonds is 6. The summed E-state index contributed by atoms with van der Waals surface area (Å²) in [6.07, 6.45) is 1.72. The number of hydrogen-bond donors (Lipinski definition) is 2. The van der Waals surface area contributed by atoms with E-state index in [1.165, 1.54) is 13.8 Å². The van der Waals surface area contributed by atoms with Gasteiger partial charge in [0.15, 0.2) is 0 Å². The van der Waals surface area contributed by atoms with Crippen LogP contribution in [-0.2, 0) is 23.1 Å². The molecule has 6 nitrogen and oxygen atoms in total. The van der Waals surface area contributed by atoms with Crippen molar-refractivity contribution in [1.82, 2.24) is 14.9 Å². The first-order valence-corrected chi connectivity index (χ1v) is 7.67. The molecule has 0 unspecified atom stereocenters. The van der Waals surface area contributed by atoms with Crippen molar-refractivity contribution in [2.45, 2.75) is 45.6 Å². The normalized spacial score (nSPS) is 11.7. The molecule has 0 saturated heterocycles. The molecule has 2 rings (SSSR count). The molecule has 2 N–H and O–H groups in total. The van der Waals surface area contributed by atoms with Gasteiger partial charge in [-0.25, -0.2) is 9.78 Å². The molecule has 0 aliphatic heterocycles. The SMILES string of the molecule is Cc1nc2cc(CCCC(=O)NC(C)(C)C(=O)O)ccc2n1C. The Morgan fingerprint density at radius 1 is 1.35 bits per heavy atom. The highest BCUT2D eigenvalue weighted by Gasteiger charge is 2.28. The van der Waals surface area contributed by atoms with E-state index in [2.05, 4.69) is 10.3 Å². The summed E-state index contributed by atoms with van der Waals surface area (Å²) in [6, 6.07) is 6.13. The van der Waals surface area contributed by atoms with Crippen molar-refractivity contribution < 1.29 is 14.7 Å². The smallest absolute Gasteiger partial charge is 0.328 e. The average Bonchev–Trinajstić information content (AvgIpc) is 2.73. The molecule has 6 heteroatoms. The third-order valence-electron chi connectivity index (χ3n) is 4.02. The third-order valence-corrected chi connectivity index (χ3v) is 4.02. The van der Waals surface area contributed by atoms with Gasteiger partial charge in [-0.3, -0.25) is 4.79 Å². The largest absolute Gasteiger partial charge is 0.480 e. The van der Waals surface area contributed by atoms with Crippen LogP contribution >= 0.6 is 0 Å². The molecule has 0 radical (unpaired) electrons. The zero-order valence-corrected chi connectivity index (χ0v) is 14.0. The molecule has 23 heavy (non-hydrogen) atoms. The third kappa shape index (κ3) is 3.88. The first-order valence-electron chi connectivity index (χ1n) is 7.67. The fraction of sp³-hybridized carbons (Fsp3) is 0.471. The van der Waals surface area contributed by atoms with Crippen LogP contribution in [0.25, 0.3) is 11.0 Å². The number of fused-ring (bicyclic) bond motifs is 1. The topological polar surface area (TPSA) is 84.2 Å². The molecule has 1 aromatic heterocycles. The molecule has 0 aliphatic rings. The molecule has 0 saturated carbocycles. The highest BCUT2D eigenvalue weighted by Crippen LogP contribution is 2.17. The predicted octanol–water partition coefficient (Wildman–Crippen LogP) is 2.18. The summed E-state index contributed by atoms with van der Waals surface area (Å²) in [4.78, 5) is 27.3. The minimum atomic E-state index is -1.23. The molecule has 0 fully saturated rings. The zero-order chi connectivity index (χ0) is 17.2. The maximum atomic E-state index is 11.8. The summed E-state index contributed by atoms with van der Waals surface area (Å²) in [5.74, 6) is -0.318. The number of hydrogen-bond acceptors (Lipinski definition) is 3. The lowest BCUT2D eigenvalue weighted by molar-refractivity contribution is -0.146. The van der Waals surface area contributed by atoms with Crippen LogP contribution < -0.4 is 5.32 Å². The van der Waals surface area contributed by atoms with E-state index in [1.807, 2.05) is 36.7 Å². The van der Waals surface area contributed by atoms with Crippen molar-refractivity contribution in [3.63, 3.8) is 0 Å². The fourth-order valence-corrected chi connectivity index (χ4v) is 2.44. The Kier molecular flexibility index (Phi) is 4.73. The molecule has 2 aromatic rings. The Balaban J connectivity index is 1.91. The van der Waals surface area contributed by atoms with Crippen LogP contribution in [-0.4, -0.2) is 32.1 Å². The molecule has 0 atom stereocenters. The number of aromatic nitrogens is 2. The van der Waals surface area contributed by atoms with Crippen molar-refractivity contribution in [3.05, 3.63) is 29.6 Å². The van der Waals surface area contributed by atoms with Gasteiger partial charge in [0, 0.05) is 13.5 Å². The summed E-state index contributed by atoms with van der Waals surface area (Å²) >= 11 is 0. The number of carboxylic acid groups (broad SMARTS) is 1. The standard InChI is InChI=1S/C17H23N3O3/c1-11-18-13-10-12(8-9-14(13)20(11)4)6-5-7-15(21)19-17(2,3)16(22)23/h8-10H,5-7H2,1-4H3,(H,19,21)(H,22,23). The maximum absolute atomic E-state index is 11.8. The van der Waals surface area contributed by atoms with E-state index in [4.69, 9.17) is 5.11 Å². The lowest BCUT2D eigenvalue weighted by atomic mass is 10.0. The first-order chi connectivity index (χ1) is 10.7. The number of benzene rings is 1. The molecular formula is C17H23N3O3. The quantitative estimate of drug-likeness (QED) is 0.855. The fourth-order valence-electron chi connectivity index (χ4n) is 2.44. The minimum Gasteiger partial charge on any atom is -0.480 e. The minimum absolute atomic E-state index is 0.243. The molecule has 0 spiro atoms. The van der Waals surface area contributed by atoms with Crippen molar-refractivity contribution >= 4 is 22.9 Å². The maximum Gasteiger partial charge on any atom is 0.328 e. The summed E-state index contributed by atoms with van der Waals surface area (Å²) in [7, 11) is 1.98. The number of nitrogens with one attached hydrogen (secondary N) is 1. The molecule has 1 heterocycles. The van der Waals surface area contributed by atoms with Crippen LogP contribution in [0.3, 0.4) is 0 Å². The number of nitrogens with zero attached hydrogens (tertiary/aromatic N) is 2.